The molecule has 0 aliphatic carbocycles. The van der Waals surface area contributed by atoms with Crippen molar-refractivity contribution in [3.8, 4) is 0 Å². The van der Waals surface area contributed by atoms with E-state index in [1.165, 1.54) is 11.1 Å². The molecule has 0 bridgehead atoms. The Balaban J connectivity index is 5.12. The summed E-state index contributed by atoms with van der Waals surface area (Å²) in [6.07, 6.45) is 4.15. The van der Waals surface area contributed by atoms with Crippen molar-refractivity contribution in [1.82, 2.24) is 0 Å². The lowest BCUT2D eigenvalue weighted by Gasteiger charge is -2.10. The van der Waals surface area contributed by atoms with Gasteiger partial charge in [-0.25, -0.2) is 0 Å². The SMILES string of the molecule is C=C(C)C(=C/C)/C(=C\C)C(C)=NC. The van der Waals surface area contributed by atoms with Crippen molar-refractivity contribution in [3.63, 3.8) is 0 Å². The molecular formula is C12H19N. The Kier molecular flexibility index (Phi) is 5.05. The second-order valence-corrected chi connectivity index (χ2v) is 2.99. The van der Waals surface area contributed by atoms with E-state index in [9.17, 15) is 0 Å². The maximum Gasteiger partial charge on any atom is 0.0388 e. The maximum atomic E-state index is 4.18. The van der Waals surface area contributed by atoms with Crippen LogP contribution in [0.1, 0.15) is 27.7 Å². The Morgan fingerprint density at radius 3 is 1.77 bits per heavy atom. The van der Waals surface area contributed by atoms with Gasteiger partial charge < -0.3 is 0 Å². The molecule has 0 aliphatic rings. The molecule has 0 amide bonds. The van der Waals surface area contributed by atoms with E-state index in [2.05, 4.69) is 23.7 Å². The maximum absolute atomic E-state index is 4.18. The lowest BCUT2D eigenvalue weighted by molar-refractivity contribution is 1.34. The van der Waals surface area contributed by atoms with Crippen molar-refractivity contribution in [1.29, 1.82) is 0 Å². The Morgan fingerprint density at radius 1 is 1.08 bits per heavy atom. The molecule has 0 radical (unpaired) electrons. The van der Waals surface area contributed by atoms with Gasteiger partial charge in [0.15, 0.2) is 0 Å². The molecule has 0 N–H and O–H groups in total. The Morgan fingerprint density at radius 2 is 1.54 bits per heavy atom. The minimum absolute atomic E-state index is 1.05. The zero-order chi connectivity index (χ0) is 10.4. The lowest BCUT2D eigenvalue weighted by Crippen LogP contribution is -2.01. The summed E-state index contributed by atoms with van der Waals surface area (Å²) in [6.45, 7) is 12.0. The van der Waals surface area contributed by atoms with Gasteiger partial charge in [-0.2, -0.15) is 0 Å². The van der Waals surface area contributed by atoms with Crippen LogP contribution in [0.2, 0.25) is 0 Å². The van der Waals surface area contributed by atoms with Gasteiger partial charge in [-0.15, -0.1) is 0 Å². The van der Waals surface area contributed by atoms with E-state index < -0.39 is 0 Å². The summed E-state index contributed by atoms with van der Waals surface area (Å²) < 4.78 is 0. The van der Waals surface area contributed by atoms with Crippen LogP contribution < -0.4 is 0 Å². The van der Waals surface area contributed by atoms with Crippen LogP contribution in [0.3, 0.4) is 0 Å². The second-order valence-electron chi connectivity index (χ2n) is 2.99. The van der Waals surface area contributed by atoms with Crippen molar-refractivity contribution >= 4 is 5.71 Å². The van der Waals surface area contributed by atoms with Crippen LogP contribution in [0.15, 0.2) is 40.4 Å². The van der Waals surface area contributed by atoms with Gasteiger partial charge in [0.1, 0.15) is 0 Å². The van der Waals surface area contributed by atoms with Crippen molar-refractivity contribution in [2.24, 2.45) is 4.99 Å². The summed E-state index contributed by atoms with van der Waals surface area (Å²) in [5.41, 5.74) is 4.50. The highest BCUT2D eigenvalue weighted by Gasteiger charge is 2.06. The van der Waals surface area contributed by atoms with Crippen LogP contribution in [-0.4, -0.2) is 12.8 Å². The van der Waals surface area contributed by atoms with E-state index in [-0.39, 0.29) is 0 Å². The minimum atomic E-state index is 1.05. The zero-order valence-electron chi connectivity index (χ0n) is 9.31. The third kappa shape index (κ3) is 3.02. The van der Waals surface area contributed by atoms with Gasteiger partial charge in [-0.05, 0) is 38.8 Å². The van der Waals surface area contributed by atoms with Crippen LogP contribution in [-0.2, 0) is 0 Å². The highest BCUT2D eigenvalue weighted by atomic mass is 14.7. The largest absolute Gasteiger partial charge is 0.293 e. The monoisotopic (exact) mass is 177 g/mol. The summed E-state index contributed by atoms with van der Waals surface area (Å²) in [5.74, 6) is 0. The molecule has 0 aromatic rings. The highest BCUT2D eigenvalue weighted by molar-refractivity contribution is 6.03. The summed E-state index contributed by atoms with van der Waals surface area (Å²) in [7, 11) is 1.81. The van der Waals surface area contributed by atoms with Crippen molar-refractivity contribution in [2.75, 3.05) is 7.05 Å². The highest BCUT2D eigenvalue weighted by Crippen LogP contribution is 2.18. The van der Waals surface area contributed by atoms with Gasteiger partial charge in [-0.3, -0.25) is 4.99 Å². The standard InChI is InChI=1S/C12H19N/c1-7-11(9(3)4)12(8-2)10(5)13-6/h7-8H,3H2,1-2,4-6H3/b11-7-,12-8-,13-10?. The molecule has 1 heteroatoms. The average molecular weight is 177 g/mol. The van der Waals surface area contributed by atoms with E-state index >= 15 is 0 Å². The van der Waals surface area contributed by atoms with Gasteiger partial charge in [0.25, 0.3) is 0 Å². The van der Waals surface area contributed by atoms with Crippen LogP contribution in [0.4, 0.5) is 0 Å². The van der Waals surface area contributed by atoms with Crippen LogP contribution in [0.5, 0.6) is 0 Å². The molecule has 13 heavy (non-hydrogen) atoms. The van der Waals surface area contributed by atoms with Gasteiger partial charge in [0.2, 0.25) is 0 Å². The molecule has 72 valence electrons. The van der Waals surface area contributed by atoms with Gasteiger partial charge >= 0.3 is 0 Å². The Hall–Kier alpha value is -1.11. The molecule has 0 fully saturated rings. The molecule has 0 aliphatic heterocycles. The number of nitrogens with zero attached hydrogens (tertiary/aromatic N) is 1. The molecule has 0 heterocycles. The molecule has 0 saturated carbocycles. The first-order valence-electron chi connectivity index (χ1n) is 4.51. The molecule has 0 spiro atoms. The number of aliphatic imine (C=N–C) groups is 1. The van der Waals surface area contributed by atoms with Crippen LogP contribution in [0, 0.1) is 0 Å². The molecule has 0 aromatic heterocycles. The predicted molar refractivity (Wildman–Crippen MR) is 61.4 cm³/mol. The number of rotatable bonds is 3. The number of hydrogen-bond acceptors (Lipinski definition) is 1. The van der Waals surface area contributed by atoms with E-state index in [1.807, 2.05) is 34.7 Å². The quantitative estimate of drug-likeness (QED) is 0.462. The molecule has 1 nitrogen and oxygen atoms in total. The first kappa shape index (κ1) is 11.9. The summed E-state index contributed by atoms with van der Waals surface area (Å²) in [5, 5.41) is 0. The minimum Gasteiger partial charge on any atom is -0.293 e. The van der Waals surface area contributed by atoms with Gasteiger partial charge in [0, 0.05) is 12.8 Å². The molecule has 0 aromatic carbocycles. The van der Waals surface area contributed by atoms with E-state index in [4.69, 9.17) is 0 Å². The van der Waals surface area contributed by atoms with Crippen LogP contribution >= 0.6 is 0 Å². The van der Waals surface area contributed by atoms with Gasteiger partial charge in [0.05, 0.1) is 0 Å². The fourth-order valence-corrected chi connectivity index (χ4v) is 1.31. The van der Waals surface area contributed by atoms with E-state index in [0.717, 1.165) is 11.3 Å². The van der Waals surface area contributed by atoms with Crippen molar-refractivity contribution < 1.29 is 0 Å². The molecule has 0 atom stereocenters. The lowest BCUT2D eigenvalue weighted by atomic mass is 9.96. The third-order valence-corrected chi connectivity index (χ3v) is 2.05. The number of hydrogen-bond donors (Lipinski definition) is 0. The first-order valence-corrected chi connectivity index (χ1v) is 4.51. The fraction of sp³-hybridized carbons (Fsp3) is 0.417. The first-order chi connectivity index (χ1) is 6.08. The summed E-state index contributed by atoms with van der Waals surface area (Å²) in [6, 6.07) is 0. The summed E-state index contributed by atoms with van der Waals surface area (Å²) >= 11 is 0. The third-order valence-electron chi connectivity index (χ3n) is 2.05. The average Bonchev–Trinajstić information content (AvgIpc) is 2.12. The van der Waals surface area contributed by atoms with Crippen LogP contribution in [0.25, 0.3) is 0 Å². The zero-order valence-corrected chi connectivity index (χ0v) is 9.31. The normalized spacial score (nSPS) is 14.7. The van der Waals surface area contributed by atoms with E-state index in [0.29, 0.717) is 0 Å². The second kappa shape index (κ2) is 5.52. The number of allylic oxidation sites excluding steroid dienone is 5. The van der Waals surface area contributed by atoms with Crippen molar-refractivity contribution in [3.05, 3.63) is 35.5 Å². The topological polar surface area (TPSA) is 12.4 Å². The van der Waals surface area contributed by atoms with E-state index in [1.54, 1.807) is 0 Å². The molecular weight excluding hydrogens is 158 g/mol. The van der Waals surface area contributed by atoms with Crippen molar-refractivity contribution in [2.45, 2.75) is 27.7 Å². The fourth-order valence-electron chi connectivity index (χ4n) is 1.31. The Labute approximate surface area is 81.6 Å². The summed E-state index contributed by atoms with van der Waals surface area (Å²) in [4.78, 5) is 4.18. The Bertz CT molecular complexity index is 277. The molecule has 0 unspecified atom stereocenters. The predicted octanol–water partition coefficient (Wildman–Crippen LogP) is 3.55. The van der Waals surface area contributed by atoms with Gasteiger partial charge in [-0.1, -0.05) is 24.3 Å². The molecule has 0 rings (SSSR count). The molecule has 0 saturated heterocycles. The smallest absolute Gasteiger partial charge is 0.0388 e.